The number of fused-ring (bicyclic) bond motifs is 1. The molecule has 0 bridgehead atoms. The van der Waals surface area contributed by atoms with Crippen LogP contribution in [0.2, 0.25) is 0 Å². The second-order valence-electron chi connectivity index (χ2n) is 10.3. The minimum Gasteiger partial charge on any atom is -0.353 e. The molecule has 1 aromatic carbocycles. The van der Waals surface area contributed by atoms with Crippen LogP contribution in [0.25, 0.3) is 6.08 Å². The Bertz CT molecular complexity index is 799. The van der Waals surface area contributed by atoms with E-state index in [0.29, 0.717) is 23.6 Å². The van der Waals surface area contributed by atoms with Crippen LogP contribution in [-0.2, 0) is 9.59 Å². The van der Waals surface area contributed by atoms with E-state index in [-0.39, 0.29) is 24.4 Å². The quantitative estimate of drug-likeness (QED) is 0.505. The highest BCUT2D eigenvalue weighted by Gasteiger charge is 2.41. The molecule has 3 rings (SSSR count). The lowest BCUT2D eigenvalue weighted by Gasteiger charge is -2.43. The van der Waals surface area contributed by atoms with Crippen LogP contribution in [0.4, 0.5) is 0 Å². The van der Waals surface area contributed by atoms with E-state index in [4.69, 9.17) is 0 Å². The molecule has 1 heterocycles. The van der Waals surface area contributed by atoms with Crippen molar-refractivity contribution < 1.29 is 9.59 Å². The number of benzene rings is 1. The third-order valence-electron chi connectivity index (χ3n) is 6.23. The Morgan fingerprint density at radius 3 is 2.45 bits per heavy atom. The van der Waals surface area contributed by atoms with Crippen LogP contribution < -0.4 is 5.32 Å². The highest BCUT2D eigenvalue weighted by atomic mass is 32.2. The van der Waals surface area contributed by atoms with Crippen LogP contribution in [0.15, 0.2) is 35.2 Å². The normalized spacial score (nSPS) is 22.3. The number of rotatable bonds is 10. The fraction of sp³-hybridized carbons (Fsp3) is 0.630. The molecule has 1 aliphatic carbocycles. The third kappa shape index (κ3) is 7.89. The SMILES string of the molecule is CC(C)CN(CCNC(=O)CN1C(=O)/C(=C/c2ccccc2)SC2CCCCC21)CC(C)C. The van der Waals surface area contributed by atoms with E-state index in [0.717, 1.165) is 49.4 Å². The van der Waals surface area contributed by atoms with Crippen molar-refractivity contribution in [2.45, 2.75) is 64.7 Å². The Labute approximate surface area is 204 Å². The lowest BCUT2D eigenvalue weighted by molar-refractivity contribution is -0.135. The molecular formula is C27H41N3O2S. The molecule has 2 fully saturated rings. The molecule has 0 spiro atoms. The lowest BCUT2D eigenvalue weighted by atomic mass is 9.93. The molecule has 1 saturated heterocycles. The topological polar surface area (TPSA) is 52.7 Å². The minimum absolute atomic E-state index is 0.00314. The highest BCUT2D eigenvalue weighted by Crippen LogP contribution is 2.42. The predicted molar refractivity (Wildman–Crippen MR) is 139 cm³/mol. The minimum atomic E-state index is -0.0484. The molecule has 0 radical (unpaired) electrons. The zero-order chi connectivity index (χ0) is 23.8. The van der Waals surface area contributed by atoms with Gasteiger partial charge in [-0.15, -0.1) is 11.8 Å². The number of carbonyl (C=O) groups excluding carboxylic acids is 2. The van der Waals surface area contributed by atoms with Gasteiger partial charge in [-0.2, -0.15) is 0 Å². The summed E-state index contributed by atoms with van der Waals surface area (Å²) in [6.45, 7) is 12.6. The molecule has 182 valence electrons. The van der Waals surface area contributed by atoms with E-state index in [1.54, 1.807) is 11.8 Å². The van der Waals surface area contributed by atoms with Crippen molar-refractivity contribution in [3.63, 3.8) is 0 Å². The molecule has 2 amide bonds. The van der Waals surface area contributed by atoms with E-state index in [1.807, 2.05) is 41.3 Å². The number of carbonyl (C=O) groups is 2. The monoisotopic (exact) mass is 471 g/mol. The Kier molecular flexibility index (Phi) is 9.87. The van der Waals surface area contributed by atoms with E-state index in [9.17, 15) is 9.59 Å². The van der Waals surface area contributed by atoms with Gasteiger partial charge in [0.1, 0.15) is 6.54 Å². The van der Waals surface area contributed by atoms with Gasteiger partial charge in [-0.1, -0.05) is 70.9 Å². The summed E-state index contributed by atoms with van der Waals surface area (Å²) in [5.74, 6) is 1.15. The van der Waals surface area contributed by atoms with Crippen molar-refractivity contribution >= 4 is 29.7 Å². The van der Waals surface area contributed by atoms with Gasteiger partial charge in [-0.3, -0.25) is 9.59 Å². The van der Waals surface area contributed by atoms with Crippen molar-refractivity contribution in [3.8, 4) is 0 Å². The van der Waals surface area contributed by atoms with Gasteiger partial charge in [0.2, 0.25) is 5.91 Å². The first-order valence-electron chi connectivity index (χ1n) is 12.6. The summed E-state index contributed by atoms with van der Waals surface area (Å²) in [4.78, 5) is 31.3. The summed E-state index contributed by atoms with van der Waals surface area (Å²) in [7, 11) is 0. The number of hydrogen-bond donors (Lipinski definition) is 1. The number of nitrogens with one attached hydrogen (secondary N) is 1. The molecule has 1 N–H and O–H groups in total. The molecule has 1 saturated carbocycles. The number of thioether (sulfide) groups is 1. The molecule has 5 nitrogen and oxygen atoms in total. The summed E-state index contributed by atoms with van der Waals surface area (Å²) < 4.78 is 0. The van der Waals surface area contributed by atoms with Crippen LogP contribution in [0.1, 0.15) is 58.9 Å². The number of amides is 2. The molecule has 1 aromatic rings. The zero-order valence-electron chi connectivity index (χ0n) is 20.8. The Morgan fingerprint density at radius 1 is 1.12 bits per heavy atom. The fourth-order valence-corrected chi connectivity index (χ4v) is 6.39. The average Bonchev–Trinajstić information content (AvgIpc) is 2.76. The van der Waals surface area contributed by atoms with E-state index >= 15 is 0 Å². The second kappa shape index (κ2) is 12.6. The highest BCUT2D eigenvalue weighted by molar-refractivity contribution is 8.04. The average molecular weight is 472 g/mol. The van der Waals surface area contributed by atoms with Crippen LogP contribution in [-0.4, -0.2) is 65.6 Å². The molecule has 0 aromatic heterocycles. The largest absolute Gasteiger partial charge is 0.353 e. The summed E-state index contributed by atoms with van der Waals surface area (Å²) >= 11 is 1.71. The molecule has 2 unspecified atom stereocenters. The third-order valence-corrected chi connectivity index (χ3v) is 7.63. The van der Waals surface area contributed by atoms with Crippen molar-refractivity contribution in [2.24, 2.45) is 11.8 Å². The molecule has 33 heavy (non-hydrogen) atoms. The predicted octanol–water partition coefficient (Wildman–Crippen LogP) is 4.64. The Hall–Kier alpha value is -1.79. The summed E-state index contributed by atoms with van der Waals surface area (Å²) in [6, 6.07) is 10.2. The van der Waals surface area contributed by atoms with Crippen LogP contribution in [0, 0.1) is 11.8 Å². The van der Waals surface area contributed by atoms with E-state index < -0.39 is 0 Å². The summed E-state index contributed by atoms with van der Waals surface area (Å²) in [5.41, 5.74) is 1.03. The maximum absolute atomic E-state index is 13.4. The number of hydrogen-bond acceptors (Lipinski definition) is 4. The zero-order valence-corrected chi connectivity index (χ0v) is 21.6. The summed E-state index contributed by atoms with van der Waals surface area (Å²) in [5, 5.41) is 3.47. The standard InChI is InChI=1S/C27H41N3O2S/c1-20(2)17-29(18-21(3)4)15-14-28-26(31)19-30-23-12-8-9-13-24(23)33-25(27(30)32)16-22-10-6-5-7-11-22/h5-7,10-11,16,20-21,23-24H,8-9,12-15,17-19H2,1-4H3,(H,28,31)/b25-16-. The first kappa shape index (κ1) is 25.8. The van der Waals surface area contributed by atoms with Gasteiger partial charge in [0.15, 0.2) is 0 Å². The fourth-order valence-electron chi connectivity index (χ4n) is 4.92. The molecule has 2 atom stereocenters. The van der Waals surface area contributed by atoms with Crippen molar-refractivity contribution in [1.29, 1.82) is 0 Å². The van der Waals surface area contributed by atoms with Gasteiger partial charge in [0.25, 0.3) is 5.91 Å². The van der Waals surface area contributed by atoms with Crippen molar-refractivity contribution in [1.82, 2.24) is 15.1 Å². The summed E-state index contributed by atoms with van der Waals surface area (Å²) in [6.07, 6.45) is 6.41. The van der Waals surface area contributed by atoms with Gasteiger partial charge >= 0.3 is 0 Å². The van der Waals surface area contributed by atoms with E-state index in [2.05, 4.69) is 37.9 Å². The first-order valence-corrected chi connectivity index (χ1v) is 13.4. The van der Waals surface area contributed by atoms with Crippen LogP contribution >= 0.6 is 11.8 Å². The number of nitrogens with zero attached hydrogens (tertiary/aromatic N) is 2. The van der Waals surface area contributed by atoms with Gasteiger partial charge in [-0.05, 0) is 36.3 Å². The smallest absolute Gasteiger partial charge is 0.261 e. The lowest BCUT2D eigenvalue weighted by Crippen LogP contribution is -2.54. The van der Waals surface area contributed by atoms with Gasteiger partial charge < -0.3 is 15.1 Å². The maximum atomic E-state index is 13.4. The molecular weight excluding hydrogens is 430 g/mol. The second-order valence-corrected chi connectivity index (χ2v) is 11.5. The Morgan fingerprint density at radius 2 is 1.79 bits per heavy atom. The first-order chi connectivity index (χ1) is 15.8. The molecule has 6 heteroatoms. The molecule has 1 aliphatic heterocycles. The van der Waals surface area contributed by atoms with Crippen LogP contribution in [0.5, 0.6) is 0 Å². The Balaban J connectivity index is 1.62. The maximum Gasteiger partial charge on any atom is 0.261 e. The molecule has 2 aliphatic rings. The van der Waals surface area contributed by atoms with Gasteiger partial charge in [0, 0.05) is 37.5 Å². The van der Waals surface area contributed by atoms with Crippen molar-refractivity contribution in [3.05, 3.63) is 40.8 Å². The van der Waals surface area contributed by atoms with Crippen molar-refractivity contribution in [2.75, 3.05) is 32.7 Å². The van der Waals surface area contributed by atoms with Gasteiger partial charge in [-0.25, -0.2) is 0 Å². The van der Waals surface area contributed by atoms with E-state index in [1.165, 1.54) is 6.42 Å². The van der Waals surface area contributed by atoms with Gasteiger partial charge in [0.05, 0.1) is 4.91 Å². The van der Waals surface area contributed by atoms with Crippen LogP contribution in [0.3, 0.4) is 0 Å².